The number of aliphatic imine (C=N–C) groups is 2. The first-order chi connectivity index (χ1) is 8.54. The van der Waals surface area contributed by atoms with Crippen molar-refractivity contribution in [3.05, 3.63) is 29.3 Å². The molecular formula is C13H16N4O. The minimum atomic E-state index is -0.168. The Bertz CT molecular complexity index is 540. The maximum absolute atomic E-state index is 12.0. The van der Waals surface area contributed by atoms with Crippen LogP contribution in [0.3, 0.4) is 0 Å². The van der Waals surface area contributed by atoms with Crippen LogP contribution in [-0.4, -0.2) is 36.6 Å². The van der Waals surface area contributed by atoms with Gasteiger partial charge < -0.3 is 0 Å². The molecule has 0 atom stereocenters. The van der Waals surface area contributed by atoms with Gasteiger partial charge in [0.25, 0.3) is 5.91 Å². The van der Waals surface area contributed by atoms with E-state index in [1.165, 1.54) is 5.01 Å². The van der Waals surface area contributed by atoms with Crippen LogP contribution in [0.5, 0.6) is 0 Å². The second kappa shape index (κ2) is 4.60. The molecule has 1 heterocycles. The lowest BCUT2D eigenvalue weighted by Gasteiger charge is -2.05. The summed E-state index contributed by atoms with van der Waals surface area (Å²) < 4.78 is 0. The monoisotopic (exact) mass is 244 g/mol. The summed E-state index contributed by atoms with van der Waals surface area (Å²) >= 11 is 0. The largest absolute Gasteiger partial charge is 0.294 e. The normalized spacial score (nSPS) is 19.8. The first-order valence-corrected chi connectivity index (χ1v) is 5.71. The topological polar surface area (TPSA) is 57.1 Å². The minimum absolute atomic E-state index is 0.168. The smallest absolute Gasteiger partial charge is 0.278 e. The van der Waals surface area contributed by atoms with Gasteiger partial charge in [-0.1, -0.05) is 18.2 Å². The van der Waals surface area contributed by atoms with Crippen LogP contribution in [0, 0.1) is 13.8 Å². The number of amides is 1. The number of hydrogen-bond donors (Lipinski definition) is 1. The van der Waals surface area contributed by atoms with E-state index in [1.54, 1.807) is 14.1 Å². The number of carbonyl (C=O) groups is 1. The third kappa shape index (κ3) is 1.99. The van der Waals surface area contributed by atoms with Crippen molar-refractivity contribution in [1.82, 2.24) is 10.4 Å². The first-order valence-electron chi connectivity index (χ1n) is 5.71. The molecule has 0 aromatic heterocycles. The summed E-state index contributed by atoms with van der Waals surface area (Å²) in [4.78, 5) is 20.5. The van der Waals surface area contributed by atoms with Crippen LogP contribution >= 0.6 is 0 Å². The maximum atomic E-state index is 12.0. The van der Waals surface area contributed by atoms with Gasteiger partial charge in [-0.05, 0) is 25.0 Å². The van der Waals surface area contributed by atoms with E-state index in [4.69, 9.17) is 0 Å². The van der Waals surface area contributed by atoms with E-state index in [0.29, 0.717) is 11.5 Å². The second-order valence-corrected chi connectivity index (χ2v) is 4.25. The molecule has 0 saturated carbocycles. The predicted molar refractivity (Wildman–Crippen MR) is 72.3 cm³/mol. The van der Waals surface area contributed by atoms with Crippen LogP contribution in [-0.2, 0) is 4.79 Å². The zero-order valence-electron chi connectivity index (χ0n) is 11.0. The molecule has 5 nitrogen and oxygen atoms in total. The van der Waals surface area contributed by atoms with Crippen LogP contribution in [0.1, 0.15) is 11.1 Å². The van der Waals surface area contributed by atoms with Crippen molar-refractivity contribution in [3.8, 4) is 0 Å². The third-order valence-electron chi connectivity index (χ3n) is 2.89. The molecule has 0 radical (unpaired) electrons. The van der Waals surface area contributed by atoms with Crippen LogP contribution in [0.4, 0.5) is 5.69 Å². The van der Waals surface area contributed by atoms with Crippen LogP contribution in [0.25, 0.3) is 0 Å². The number of hydrazine groups is 1. The third-order valence-corrected chi connectivity index (χ3v) is 2.89. The molecule has 1 fully saturated rings. The molecule has 94 valence electrons. The molecule has 1 aliphatic rings. The Balaban J connectivity index is 2.53. The molecule has 0 unspecified atom stereocenters. The molecule has 18 heavy (non-hydrogen) atoms. The number of benzene rings is 1. The number of nitrogens with one attached hydrogen (secondary N) is 1. The van der Waals surface area contributed by atoms with Gasteiger partial charge in [0.05, 0.1) is 5.69 Å². The number of carbonyl (C=O) groups excluding carboxylic acids is 1. The summed E-state index contributed by atoms with van der Waals surface area (Å²) in [6.45, 7) is 3.96. The first kappa shape index (κ1) is 12.3. The van der Waals surface area contributed by atoms with Crippen molar-refractivity contribution < 1.29 is 4.79 Å². The van der Waals surface area contributed by atoms with Crippen LogP contribution in [0.15, 0.2) is 28.2 Å². The number of rotatable bonds is 1. The molecule has 0 spiro atoms. The Kier molecular flexibility index (Phi) is 3.14. The quantitative estimate of drug-likeness (QED) is 0.811. The summed E-state index contributed by atoms with van der Waals surface area (Å²) in [5.74, 6) is 0.336. The van der Waals surface area contributed by atoms with E-state index >= 15 is 0 Å². The van der Waals surface area contributed by atoms with Gasteiger partial charge in [0.2, 0.25) is 0 Å². The van der Waals surface area contributed by atoms with Crippen molar-refractivity contribution >= 4 is 23.1 Å². The number of hydrogen-bond acceptors (Lipinski definition) is 3. The lowest BCUT2D eigenvalue weighted by Crippen LogP contribution is -2.31. The van der Waals surface area contributed by atoms with Crippen molar-refractivity contribution in [3.63, 3.8) is 0 Å². The van der Waals surface area contributed by atoms with Gasteiger partial charge in [-0.25, -0.2) is 4.99 Å². The lowest BCUT2D eigenvalue weighted by atomic mass is 10.1. The van der Waals surface area contributed by atoms with E-state index in [-0.39, 0.29) is 5.91 Å². The molecule has 5 heteroatoms. The molecule has 1 amide bonds. The molecule has 1 aromatic carbocycles. The number of aryl methyl sites for hydroxylation is 2. The van der Waals surface area contributed by atoms with Gasteiger partial charge in [0, 0.05) is 14.1 Å². The molecule has 1 aliphatic heterocycles. The van der Waals surface area contributed by atoms with Crippen molar-refractivity contribution in [2.24, 2.45) is 9.98 Å². The zero-order chi connectivity index (χ0) is 13.3. The highest BCUT2D eigenvalue weighted by atomic mass is 16.2. The van der Waals surface area contributed by atoms with Gasteiger partial charge in [0.15, 0.2) is 11.5 Å². The fourth-order valence-corrected chi connectivity index (χ4v) is 1.87. The number of nitrogens with zero attached hydrogens (tertiary/aromatic N) is 3. The molecule has 0 aliphatic carbocycles. The summed E-state index contributed by atoms with van der Waals surface area (Å²) in [7, 11) is 3.29. The van der Waals surface area contributed by atoms with E-state index in [2.05, 4.69) is 15.4 Å². The van der Waals surface area contributed by atoms with E-state index in [9.17, 15) is 4.79 Å². The standard InChI is InChI=1S/C13H16N4O/c1-8-6-5-7-9(2)10(8)15-11-12(14-3)16-17(4)13(11)18/h5-7H,1-4H3,(H,14,16). The maximum Gasteiger partial charge on any atom is 0.294 e. The highest BCUT2D eigenvalue weighted by Crippen LogP contribution is 2.23. The fraction of sp³-hybridized carbons (Fsp3) is 0.308. The van der Waals surface area contributed by atoms with Crippen molar-refractivity contribution in [2.45, 2.75) is 13.8 Å². The zero-order valence-corrected chi connectivity index (χ0v) is 11.0. The van der Waals surface area contributed by atoms with Gasteiger partial charge in [-0.3, -0.25) is 20.2 Å². The summed E-state index contributed by atoms with van der Waals surface area (Å²) in [5, 5.41) is 1.38. The van der Waals surface area contributed by atoms with Gasteiger partial charge in [0.1, 0.15) is 0 Å². The van der Waals surface area contributed by atoms with Crippen molar-refractivity contribution in [1.29, 1.82) is 0 Å². The Morgan fingerprint density at radius 2 is 1.83 bits per heavy atom. The van der Waals surface area contributed by atoms with E-state index in [0.717, 1.165) is 16.8 Å². The predicted octanol–water partition coefficient (Wildman–Crippen LogP) is 1.38. The average Bonchev–Trinajstić information content (AvgIpc) is 2.61. The molecule has 0 bridgehead atoms. The molecule has 1 saturated heterocycles. The lowest BCUT2D eigenvalue weighted by molar-refractivity contribution is -0.123. The summed E-state index contributed by atoms with van der Waals surface area (Å²) in [6.07, 6.45) is 0. The van der Waals surface area contributed by atoms with E-state index in [1.807, 2.05) is 32.0 Å². The fourth-order valence-electron chi connectivity index (χ4n) is 1.87. The Morgan fingerprint density at radius 1 is 1.22 bits per heavy atom. The number of amidine groups is 1. The molecular weight excluding hydrogens is 228 g/mol. The summed E-state index contributed by atoms with van der Waals surface area (Å²) in [6, 6.07) is 5.93. The molecule has 1 aromatic rings. The van der Waals surface area contributed by atoms with Crippen molar-refractivity contribution in [2.75, 3.05) is 14.1 Å². The SMILES string of the molecule is CN=C1NN(C)C(=O)C1=Nc1c(C)cccc1C. The van der Waals surface area contributed by atoms with Crippen LogP contribution in [0.2, 0.25) is 0 Å². The summed E-state index contributed by atoms with van der Waals surface area (Å²) in [5.41, 5.74) is 6.14. The highest BCUT2D eigenvalue weighted by molar-refractivity contribution is 6.69. The van der Waals surface area contributed by atoms with Gasteiger partial charge in [-0.2, -0.15) is 0 Å². The minimum Gasteiger partial charge on any atom is -0.278 e. The molecule has 2 rings (SSSR count). The Morgan fingerprint density at radius 3 is 2.39 bits per heavy atom. The Labute approximate surface area is 106 Å². The van der Waals surface area contributed by atoms with Gasteiger partial charge in [-0.15, -0.1) is 0 Å². The van der Waals surface area contributed by atoms with Gasteiger partial charge >= 0.3 is 0 Å². The Hall–Kier alpha value is -2.17. The molecule has 1 N–H and O–H groups in total. The second-order valence-electron chi connectivity index (χ2n) is 4.25. The van der Waals surface area contributed by atoms with E-state index < -0.39 is 0 Å². The highest BCUT2D eigenvalue weighted by Gasteiger charge is 2.30. The average molecular weight is 244 g/mol. The number of para-hydroxylation sites is 1. The van der Waals surface area contributed by atoms with Crippen LogP contribution < -0.4 is 5.43 Å².